The number of nitriles is 1. The second kappa shape index (κ2) is 9.00. The van der Waals surface area contributed by atoms with E-state index in [0.717, 1.165) is 21.4 Å². The second-order valence-corrected chi connectivity index (χ2v) is 8.31. The minimum Gasteiger partial charge on any atom is -0.495 e. The molecule has 2 aromatic rings. The first-order valence-electron chi connectivity index (χ1n) is 8.83. The average Bonchev–Trinajstić information content (AvgIpc) is 3.22. The minimum atomic E-state index is -0.394. The van der Waals surface area contributed by atoms with Crippen molar-refractivity contribution in [3.63, 3.8) is 0 Å². The molecule has 0 bridgehead atoms. The van der Waals surface area contributed by atoms with Gasteiger partial charge in [-0.3, -0.25) is 4.79 Å². The number of ether oxygens (including phenoxy) is 1. The molecule has 1 aliphatic heterocycles. The van der Waals surface area contributed by atoms with Crippen LogP contribution in [0.15, 0.2) is 63.7 Å². The number of dihydropyridines is 1. The molecule has 1 unspecified atom stereocenters. The third kappa shape index (κ3) is 3.93. The highest BCUT2D eigenvalue weighted by molar-refractivity contribution is 8.03. The Labute approximate surface area is 173 Å². The van der Waals surface area contributed by atoms with Crippen molar-refractivity contribution >= 4 is 34.7 Å². The first kappa shape index (κ1) is 20.1. The van der Waals surface area contributed by atoms with Crippen LogP contribution in [0.2, 0.25) is 0 Å². The molecule has 0 fully saturated rings. The Balaban J connectivity index is 2.03. The van der Waals surface area contributed by atoms with Gasteiger partial charge < -0.3 is 15.4 Å². The van der Waals surface area contributed by atoms with Gasteiger partial charge in [-0.15, -0.1) is 23.1 Å². The molecule has 1 aromatic carbocycles. The quantitative estimate of drug-likeness (QED) is 0.711. The number of carbonyl (C=O) groups excluding carboxylic acids is 1. The Kier molecular flexibility index (Phi) is 6.45. The molecular formula is C21H21N3O2S2. The number of nitrogens with zero attached hydrogens (tertiary/aromatic N) is 1. The number of hydrogen-bond acceptors (Lipinski definition) is 6. The molecule has 5 nitrogen and oxygen atoms in total. The summed E-state index contributed by atoms with van der Waals surface area (Å²) in [5.41, 5.74) is 2.47. The number of carbonyl (C=O) groups is 1. The molecule has 0 saturated heterocycles. The summed E-state index contributed by atoms with van der Waals surface area (Å²) in [7, 11) is 1.57. The normalized spacial score (nSPS) is 16.4. The SMILES string of the molecule is CCSC1=C(C#N)C(c2cccs2)C(C(=O)Nc2ccccc2OC)=C(C)N1. The average molecular weight is 412 g/mol. The molecule has 1 aliphatic rings. The molecule has 0 aliphatic carbocycles. The van der Waals surface area contributed by atoms with E-state index < -0.39 is 5.92 Å². The zero-order valence-corrected chi connectivity index (χ0v) is 17.5. The second-order valence-electron chi connectivity index (χ2n) is 6.05. The van der Waals surface area contributed by atoms with Crippen LogP contribution in [0.3, 0.4) is 0 Å². The summed E-state index contributed by atoms with van der Waals surface area (Å²) in [6, 6.07) is 13.5. The van der Waals surface area contributed by atoms with E-state index in [9.17, 15) is 10.1 Å². The summed E-state index contributed by atoms with van der Waals surface area (Å²) < 4.78 is 5.34. The van der Waals surface area contributed by atoms with Crippen molar-refractivity contribution in [1.29, 1.82) is 5.26 Å². The van der Waals surface area contributed by atoms with Crippen molar-refractivity contribution in [3.05, 3.63) is 68.5 Å². The number of rotatable bonds is 6. The molecule has 0 spiro atoms. The van der Waals surface area contributed by atoms with Crippen molar-refractivity contribution < 1.29 is 9.53 Å². The maximum Gasteiger partial charge on any atom is 0.254 e. The Hall–Kier alpha value is -2.69. The van der Waals surface area contributed by atoms with Gasteiger partial charge in [0.05, 0.1) is 35.4 Å². The van der Waals surface area contributed by atoms with E-state index in [-0.39, 0.29) is 5.91 Å². The van der Waals surface area contributed by atoms with Crippen LogP contribution in [0, 0.1) is 11.3 Å². The van der Waals surface area contributed by atoms with E-state index in [2.05, 4.69) is 16.7 Å². The van der Waals surface area contributed by atoms with Crippen LogP contribution in [-0.4, -0.2) is 18.8 Å². The first-order valence-corrected chi connectivity index (χ1v) is 10.7. The first-order chi connectivity index (χ1) is 13.6. The van der Waals surface area contributed by atoms with Crippen molar-refractivity contribution in [2.45, 2.75) is 19.8 Å². The zero-order valence-electron chi connectivity index (χ0n) is 15.9. The number of hydrogen-bond donors (Lipinski definition) is 2. The van der Waals surface area contributed by atoms with E-state index in [1.165, 1.54) is 0 Å². The fourth-order valence-electron chi connectivity index (χ4n) is 3.15. The smallest absolute Gasteiger partial charge is 0.254 e. The summed E-state index contributed by atoms with van der Waals surface area (Å²) in [4.78, 5) is 14.2. The van der Waals surface area contributed by atoms with E-state index in [4.69, 9.17) is 4.74 Å². The van der Waals surface area contributed by atoms with Crippen LogP contribution >= 0.6 is 23.1 Å². The van der Waals surface area contributed by atoms with Crippen molar-refractivity contribution in [1.82, 2.24) is 5.32 Å². The molecule has 0 radical (unpaired) electrons. The van der Waals surface area contributed by atoms with Gasteiger partial charge in [-0.25, -0.2) is 0 Å². The van der Waals surface area contributed by atoms with Crippen molar-refractivity contribution in [2.75, 3.05) is 18.2 Å². The topological polar surface area (TPSA) is 74.2 Å². The Morgan fingerprint density at radius 3 is 2.79 bits per heavy atom. The summed E-state index contributed by atoms with van der Waals surface area (Å²) in [6.45, 7) is 3.92. The molecule has 144 valence electrons. The van der Waals surface area contributed by atoms with Gasteiger partial charge in [-0.2, -0.15) is 5.26 Å². The minimum absolute atomic E-state index is 0.249. The summed E-state index contributed by atoms with van der Waals surface area (Å²) in [6.07, 6.45) is 0. The fourth-order valence-corrected chi connectivity index (χ4v) is 4.83. The molecule has 0 saturated carbocycles. The lowest BCUT2D eigenvalue weighted by Gasteiger charge is -2.29. The van der Waals surface area contributed by atoms with Gasteiger partial charge in [0, 0.05) is 16.1 Å². The van der Waals surface area contributed by atoms with Crippen LogP contribution in [0.25, 0.3) is 0 Å². The Bertz CT molecular complexity index is 972. The third-order valence-electron chi connectivity index (χ3n) is 4.36. The van der Waals surface area contributed by atoms with E-state index in [0.29, 0.717) is 22.6 Å². The molecule has 1 amide bonds. The lowest BCUT2D eigenvalue weighted by atomic mass is 9.86. The molecule has 1 aromatic heterocycles. The lowest BCUT2D eigenvalue weighted by Crippen LogP contribution is -2.30. The largest absolute Gasteiger partial charge is 0.495 e. The summed E-state index contributed by atoms with van der Waals surface area (Å²) in [5.74, 6) is 0.778. The van der Waals surface area contributed by atoms with Crippen LogP contribution in [-0.2, 0) is 4.79 Å². The van der Waals surface area contributed by atoms with Gasteiger partial charge in [-0.1, -0.05) is 25.1 Å². The fraction of sp³-hybridized carbons (Fsp3) is 0.238. The zero-order chi connectivity index (χ0) is 20.1. The van der Waals surface area contributed by atoms with E-state index in [1.807, 2.05) is 43.5 Å². The molecule has 3 rings (SSSR count). The number of methoxy groups -OCH3 is 1. The van der Waals surface area contributed by atoms with Crippen LogP contribution < -0.4 is 15.4 Å². The highest BCUT2D eigenvalue weighted by Crippen LogP contribution is 2.42. The van der Waals surface area contributed by atoms with Crippen LogP contribution in [0.1, 0.15) is 24.6 Å². The van der Waals surface area contributed by atoms with Crippen LogP contribution in [0.5, 0.6) is 5.75 Å². The molecule has 2 heterocycles. The van der Waals surface area contributed by atoms with Gasteiger partial charge >= 0.3 is 0 Å². The summed E-state index contributed by atoms with van der Waals surface area (Å²) in [5, 5.41) is 18.9. The lowest BCUT2D eigenvalue weighted by molar-refractivity contribution is -0.113. The Morgan fingerprint density at radius 1 is 1.36 bits per heavy atom. The predicted molar refractivity (Wildman–Crippen MR) is 115 cm³/mol. The number of amides is 1. The van der Waals surface area contributed by atoms with Gasteiger partial charge in [0.1, 0.15) is 5.75 Å². The maximum absolute atomic E-state index is 13.3. The number of benzene rings is 1. The predicted octanol–water partition coefficient (Wildman–Crippen LogP) is 4.84. The molecule has 2 N–H and O–H groups in total. The number of para-hydroxylation sites is 2. The monoisotopic (exact) mass is 411 g/mol. The molecular weight excluding hydrogens is 390 g/mol. The number of allylic oxidation sites excluding steroid dienone is 2. The molecule has 7 heteroatoms. The maximum atomic E-state index is 13.3. The van der Waals surface area contributed by atoms with Crippen molar-refractivity contribution in [3.8, 4) is 11.8 Å². The van der Waals surface area contributed by atoms with Gasteiger partial charge in [0.25, 0.3) is 5.91 Å². The van der Waals surface area contributed by atoms with Crippen molar-refractivity contribution in [2.24, 2.45) is 0 Å². The third-order valence-corrected chi connectivity index (χ3v) is 6.20. The summed E-state index contributed by atoms with van der Waals surface area (Å²) >= 11 is 3.12. The van der Waals surface area contributed by atoms with E-state index in [1.54, 1.807) is 42.3 Å². The highest BCUT2D eigenvalue weighted by atomic mass is 32.2. The van der Waals surface area contributed by atoms with Gasteiger partial charge in [0.15, 0.2) is 0 Å². The Morgan fingerprint density at radius 2 is 2.14 bits per heavy atom. The number of thiophene rings is 1. The standard InChI is InChI=1S/C21H21N3O2S2/c1-4-27-21-14(12-22)19(17-10-7-11-28-17)18(13(2)23-21)20(25)24-15-8-5-6-9-16(15)26-3/h5-11,19,23H,4H2,1-3H3,(H,24,25). The van der Waals surface area contributed by atoms with E-state index >= 15 is 0 Å². The number of thioether (sulfide) groups is 1. The molecule has 28 heavy (non-hydrogen) atoms. The number of anilines is 1. The van der Waals surface area contributed by atoms with Gasteiger partial charge in [0.2, 0.25) is 0 Å². The number of nitrogens with one attached hydrogen (secondary N) is 2. The van der Waals surface area contributed by atoms with Crippen LogP contribution in [0.4, 0.5) is 5.69 Å². The highest BCUT2D eigenvalue weighted by Gasteiger charge is 2.35. The van der Waals surface area contributed by atoms with Gasteiger partial charge in [-0.05, 0) is 36.3 Å². The molecule has 1 atom stereocenters.